The molecule has 19 heavy (non-hydrogen) atoms. The first-order chi connectivity index (χ1) is 8.82. The van der Waals surface area contributed by atoms with E-state index >= 15 is 0 Å². The van der Waals surface area contributed by atoms with Crippen LogP contribution in [0.4, 0.5) is 0 Å². The largest absolute Gasteiger partial charge is 0.392 e. The Morgan fingerprint density at radius 3 is 2.53 bits per heavy atom. The summed E-state index contributed by atoms with van der Waals surface area (Å²) in [5.41, 5.74) is 5.75. The second-order valence-corrected chi connectivity index (χ2v) is 6.58. The zero-order valence-corrected chi connectivity index (χ0v) is 12.7. The Labute approximate surface area is 117 Å². The lowest BCUT2D eigenvalue weighted by Gasteiger charge is -2.36. The van der Waals surface area contributed by atoms with Gasteiger partial charge in [0.1, 0.15) is 0 Å². The minimum atomic E-state index is -0.591. The second kappa shape index (κ2) is 7.25. The highest BCUT2D eigenvalue weighted by Crippen LogP contribution is 2.37. The van der Waals surface area contributed by atoms with Crippen molar-refractivity contribution in [1.29, 1.82) is 0 Å². The fraction of sp³-hybridized carbons (Fsp3) is 0.933. The molecule has 1 unspecified atom stereocenters. The van der Waals surface area contributed by atoms with Crippen LogP contribution in [0.3, 0.4) is 0 Å². The van der Waals surface area contributed by atoms with Crippen molar-refractivity contribution >= 4 is 5.91 Å². The quantitative estimate of drug-likeness (QED) is 0.709. The number of hydrogen-bond donors (Lipinski definition) is 3. The van der Waals surface area contributed by atoms with Crippen LogP contribution in [-0.4, -0.2) is 29.7 Å². The van der Waals surface area contributed by atoms with Crippen molar-refractivity contribution in [1.82, 2.24) is 5.32 Å². The van der Waals surface area contributed by atoms with Crippen molar-refractivity contribution in [3.63, 3.8) is 0 Å². The van der Waals surface area contributed by atoms with E-state index in [2.05, 4.69) is 26.1 Å². The highest BCUT2D eigenvalue weighted by Gasteiger charge is 2.35. The number of amides is 1. The van der Waals surface area contributed by atoms with Gasteiger partial charge in [0.15, 0.2) is 0 Å². The van der Waals surface area contributed by atoms with Crippen LogP contribution in [0.2, 0.25) is 0 Å². The maximum atomic E-state index is 12.3. The van der Waals surface area contributed by atoms with Crippen molar-refractivity contribution in [2.75, 3.05) is 6.54 Å². The molecule has 0 bridgehead atoms. The summed E-state index contributed by atoms with van der Waals surface area (Å²) < 4.78 is 0. The number of rotatable bonds is 5. The van der Waals surface area contributed by atoms with E-state index in [1.54, 1.807) is 6.92 Å². The predicted octanol–water partition coefficient (Wildman–Crippen LogP) is 1.52. The number of carbonyl (C=O) groups is 1. The summed E-state index contributed by atoms with van der Waals surface area (Å²) in [7, 11) is 0. The van der Waals surface area contributed by atoms with Crippen LogP contribution in [0.1, 0.15) is 47.0 Å². The lowest BCUT2D eigenvalue weighted by molar-refractivity contribution is -0.129. The van der Waals surface area contributed by atoms with E-state index in [4.69, 9.17) is 5.73 Å². The van der Waals surface area contributed by atoms with Gasteiger partial charge in [-0.3, -0.25) is 4.79 Å². The number of nitrogens with one attached hydrogen (secondary N) is 1. The van der Waals surface area contributed by atoms with E-state index in [1.807, 2.05) is 0 Å². The molecule has 112 valence electrons. The third kappa shape index (κ3) is 4.77. The standard InChI is InChI=1S/C15H30N2O2/c1-9(2)12-6-5-10(3)7-13(12)15(19)17-8-14(16)11(4)18/h9-14,18H,5-8,16H2,1-4H3,(H,17,19)/t10-,11-,12+,13-,14?/m1/s1. The van der Waals surface area contributed by atoms with Crippen molar-refractivity contribution in [3.8, 4) is 0 Å². The Balaban J connectivity index is 2.56. The van der Waals surface area contributed by atoms with Crippen LogP contribution in [-0.2, 0) is 4.79 Å². The molecule has 1 saturated carbocycles. The van der Waals surface area contributed by atoms with E-state index in [1.165, 1.54) is 6.42 Å². The Kier molecular flexibility index (Phi) is 6.27. The summed E-state index contributed by atoms with van der Waals surface area (Å²) in [5.74, 6) is 1.84. The lowest BCUT2D eigenvalue weighted by atomic mass is 9.70. The van der Waals surface area contributed by atoms with Crippen molar-refractivity contribution in [2.24, 2.45) is 29.4 Å². The van der Waals surface area contributed by atoms with Crippen molar-refractivity contribution in [2.45, 2.75) is 59.1 Å². The van der Waals surface area contributed by atoms with Crippen LogP contribution in [0.5, 0.6) is 0 Å². The first-order valence-electron chi connectivity index (χ1n) is 7.54. The lowest BCUT2D eigenvalue weighted by Crippen LogP contribution is -2.47. The molecule has 1 rings (SSSR count). The molecule has 0 radical (unpaired) electrons. The third-order valence-corrected chi connectivity index (χ3v) is 4.49. The molecule has 1 fully saturated rings. The van der Waals surface area contributed by atoms with Gasteiger partial charge in [-0.1, -0.05) is 27.2 Å². The number of aliphatic hydroxyl groups is 1. The molecule has 1 aliphatic rings. The van der Waals surface area contributed by atoms with Gasteiger partial charge in [0.25, 0.3) is 0 Å². The summed E-state index contributed by atoms with van der Waals surface area (Å²) >= 11 is 0. The average Bonchev–Trinajstić information content (AvgIpc) is 2.34. The zero-order valence-electron chi connectivity index (χ0n) is 12.7. The molecule has 0 aromatic carbocycles. The fourth-order valence-corrected chi connectivity index (χ4v) is 3.02. The summed E-state index contributed by atoms with van der Waals surface area (Å²) in [6.45, 7) is 8.62. The van der Waals surface area contributed by atoms with Crippen LogP contribution >= 0.6 is 0 Å². The number of carbonyl (C=O) groups excluding carboxylic acids is 1. The van der Waals surface area contributed by atoms with Gasteiger partial charge in [-0.25, -0.2) is 0 Å². The predicted molar refractivity (Wildman–Crippen MR) is 77.5 cm³/mol. The van der Waals surface area contributed by atoms with Gasteiger partial charge in [-0.05, 0) is 37.5 Å². The smallest absolute Gasteiger partial charge is 0.223 e. The van der Waals surface area contributed by atoms with E-state index in [0.29, 0.717) is 24.3 Å². The molecule has 0 saturated heterocycles. The van der Waals surface area contributed by atoms with Gasteiger partial charge in [-0.15, -0.1) is 0 Å². The highest BCUT2D eigenvalue weighted by molar-refractivity contribution is 5.79. The first kappa shape index (κ1) is 16.4. The molecule has 4 heteroatoms. The third-order valence-electron chi connectivity index (χ3n) is 4.49. The maximum Gasteiger partial charge on any atom is 0.223 e. The van der Waals surface area contributed by atoms with Gasteiger partial charge in [0, 0.05) is 18.5 Å². The minimum absolute atomic E-state index is 0.102. The average molecular weight is 270 g/mol. The molecule has 5 atom stereocenters. The second-order valence-electron chi connectivity index (χ2n) is 6.58. The summed E-state index contributed by atoms with van der Waals surface area (Å²) in [6.07, 6.45) is 2.74. The molecule has 0 heterocycles. The molecule has 4 N–H and O–H groups in total. The Morgan fingerprint density at radius 1 is 1.37 bits per heavy atom. The van der Waals surface area contributed by atoms with Crippen LogP contribution in [0.15, 0.2) is 0 Å². The van der Waals surface area contributed by atoms with Crippen LogP contribution in [0.25, 0.3) is 0 Å². The zero-order chi connectivity index (χ0) is 14.6. The van der Waals surface area contributed by atoms with E-state index in [0.717, 1.165) is 12.8 Å². The van der Waals surface area contributed by atoms with Crippen molar-refractivity contribution in [3.05, 3.63) is 0 Å². The van der Waals surface area contributed by atoms with Gasteiger partial charge < -0.3 is 16.2 Å². The van der Waals surface area contributed by atoms with Crippen LogP contribution < -0.4 is 11.1 Å². The monoisotopic (exact) mass is 270 g/mol. The van der Waals surface area contributed by atoms with Gasteiger partial charge in [-0.2, -0.15) is 0 Å². The van der Waals surface area contributed by atoms with Gasteiger partial charge in [0.05, 0.1) is 6.10 Å². The van der Waals surface area contributed by atoms with E-state index in [-0.39, 0.29) is 17.9 Å². The Morgan fingerprint density at radius 2 is 2.00 bits per heavy atom. The Bertz CT molecular complexity index is 292. The fourth-order valence-electron chi connectivity index (χ4n) is 3.02. The molecular weight excluding hydrogens is 240 g/mol. The number of hydrogen-bond acceptors (Lipinski definition) is 3. The molecule has 0 aromatic heterocycles. The highest BCUT2D eigenvalue weighted by atomic mass is 16.3. The molecular formula is C15H30N2O2. The summed E-state index contributed by atoms with van der Waals surface area (Å²) in [6, 6.07) is -0.387. The SMILES string of the molecule is CC(C)[C@@H]1CC[C@@H](C)C[C@H]1C(=O)NCC(N)[C@@H](C)O. The number of aliphatic hydroxyl groups excluding tert-OH is 1. The minimum Gasteiger partial charge on any atom is -0.392 e. The van der Waals surface area contributed by atoms with Gasteiger partial charge in [0.2, 0.25) is 5.91 Å². The maximum absolute atomic E-state index is 12.3. The molecule has 4 nitrogen and oxygen atoms in total. The molecule has 0 aromatic rings. The molecule has 1 aliphatic carbocycles. The van der Waals surface area contributed by atoms with Crippen molar-refractivity contribution < 1.29 is 9.90 Å². The van der Waals surface area contributed by atoms with E-state index in [9.17, 15) is 9.90 Å². The number of nitrogens with two attached hydrogens (primary N) is 1. The van der Waals surface area contributed by atoms with Gasteiger partial charge >= 0.3 is 0 Å². The molecule has 0 spiro atoms. The first-order valence-corrected chi connectivity index (χ1v) is 7.54. The molecule has 1 amide bonds. The summed E-state index contributed by atoms with van der Waals surface area (Å²) in [4.78, 5) is 12.3. The summed E-state index contributed by atoms with van der Waals surface area (Å²) in [5, 5.41) is 12.3. The Hall–Kier alpha value is -0.610. The topological polar surface area (TPSA) is 75.4 Å². The van der Waals surface area contributed by atoms with Crippen LogP contribution in [0, 0.1) is 23.7 Å². The van der Waals surface area contributed by atoms with E-state index < -0.39 is 6.10 Å². The normalized spacial score (nSPS) is 31.0. The molecule has 0 aliphatic heterocycles.